The fraction of sp³-hybridized carbons (Fsp3) is 0.231. The molecule has 0 saturated carbocycles. The summed E-state index contributed by atoms with van der Waals surface area (Å²) in [5, 5.41) is 2.01. The number of carbonyl (C=O) groups excluding carboxylic acids is 1. The Kier molecular flexibility index (Phi) is 3.23. The summed E-state index contributed by atoms with van der Waals surface area (Å²) < 4.78 is 5.29. The Balaban J connectivity index is 2.47. The quantitative estimate of drug-likeness (QED) is 0.868. The minimum atomic E-state index is -0.294. The van der Waals surface area contributed by atoms with Crippen LogP contribution in [0.25, 0.3) is 10.8 Å². The van der Waals surface area contributed by atoms with Crippen molar-refractivity contribution in [2.45, 2.75) is 12.8 Å². The van der Waals surface area contributed by atoms with Gasteiger partial charge in [-0.25, -0.2) is 0 Å². The lowest BCUT2D eigenvalue weighted by Crippen LogP contribution is -2.11. The molecule has 2 rings (SSSR count). The van der Waals surface area contributed by atoms with Crippen molar-refractivity contribution in [3.05, 3.63) is 36.2 Å². The van der Waals surface area contributed by atoms with Crippen LogP contribution in [0, 0.1) is 0 Å². The van der Waals surface area contributed by atoms with Crippen LogP contribution in [-0.4, -0.2) is 18.0 Å². The van der Waals surface area contributed by atoms with Crippen LogP contribution in [0.1, 0.15) is 12.0 Å². The largest absolute Gasteiger partial charge is 0.496 e. The van der Waals surface area contributed by atoms with Crippen molar-refractivity contribution < 1.29 is 9.53 Å². The van der Waals surface area contributed by atoms with E-state index in [-0.39, 0.29) is 5.91 Å². The molecule has 0 fully saturated rings. The number of nitrogens with zero attached hydrogens (tertiary/aromatic N) is 1. The topological polar surface area (TPSA) is 65.2 Å². The molecule has 2 aromatic rings. The third-order valence-corrected chi connectivity index (χ3v) is 2.73. The maximum Gasteiger partial charge on any atom is 0.217 e. The number of methoxy groups -OCH3 is 1. The molecule has 0 saturated heterocycles. The zero-order valence-electron chi connectivity index (χ0n) is 9.64. The molecule has 0 unspecified atom stereocenters. The van der Waals surface area contributed by atoms with Gasteiger partial charge in [-0.15, -0.1) is 0 Å². The maximum absolute atomic E-state index is 10.8. The SMILES string of the molecule is COc1ccc(CCC(N)=O)c2cnccc12. The zero-order chi connectivity index (χ0) is 12.3. The summed E-state index contributed by atoms with van der Waals surface area (Å²) in [7, 11) is 1.64. The molecule has 88 valence electrons. The summed E-state index contributed by atoms with van der Waals surface area (Å²) in [4.78, 5) is 14.9. The normalized spacial score (nSPS) is 10.4. The Labute approximate surface area is 99.4 Å². The van der Waals surface area contributed by atoms with Gasteiger partial charge in [0.15, 0.2) is 0 Å². The summed E-state index contributed by atoms with van der Waals surface area (Å²) in [5.41, 5.74) is 6.22. The molecule has 0 bridgehead atoms. The first-order valence-corrected chi connectivity index (χ1v) is 5.40. The number of nitrogens with two attached hydrogens (primary N) is 1. The molecule has 1 aromatic carbocycles. The van der Waals surface area contributed by atoms with Crippen molar-refractivity contribution in [1.82, 2.24) is 4.98 Å². The first kappa shape index (κ1) is 11.4. The van der Waals surface area contributed by atoms with E-state index in [9.17, 15) is 4.79 Å². The molecule has 0 aliphatic heterocycles. The van der Waals surface area contributed by atoms with Gasteiger partial charge in [0.05, 0.1) is 7.11 Å². The van der Waals surface area contributed by atoms with Gasteiger partial charge in [-0.3, -0.25) is 9.78 Å². The van der Waals surface area contributed by atoms with E-state index in [1.54, 1.807) is 19.5 Å². The molecule has 0 spiro atoms. The zero-order valence-corrected chi connectivity index (χ0v) is 9.64. The smallest absolute Gasteiger partial charge is 0.217 e. The number of rotatable bonds is 4. The van der Waals surface area contributed by atoms with Crippen molar-refractivity contribution >= 4 is 16.7 Å². The number of hydrogen-bond acceptors (Lipinski definition) is 3. The molecule has 1 heterocycles. The Morgan fingerprint density at radius 2 is 2.18 bits per heavy atom. The van der Waals surface area contributed by atoms with Gasteiger partial charge in [-0.1, -0.05) is 6.07 Å². The fourth-order valence-corrected chi connectivity index (χ4v) is 1.87. The molecular weight excluding hydrogens is 216 g/mol. The van der Waals surface area contributed by atoms with Crippen LogP contribution >= 0.6 is 0 Å². The summed E-state index contributed by atoms with van der Waals surface area (Å²) in [5.74, 6) is 0.517. The highest BCUT2D eigenvalue weighted by atomic mass is 16.5. The van der Waals surface area contributed by atoms with E-state index in [0.29, 0.717) is 12.8 Å². The first-order valence-electron chi connectivity index (χ1n) is 5.40. The third kappa shape index (κ3) is 2.36. The number of aromatic nitrogens is 1. The minimum Gasteiger partial charge on any atom is -0.496 e. The van der Waals surface area contributed by atoms with E-state index in [1.165, 1.54) is 0 Å². The van der Waals surface area contributed by atoms with Crippen molar-refractivity contribution in [3.63, 3.8) is 0 Å². The molecule has 0 aliphatic rings. The number of carbonyl (C=O) groups is 1. The molecule has 1 aromatic heterocycles. The van der Waals surface area contributed by atoms with Crippen LogP contribution < -0.4 is 10.5 Å². The Bertz CT molecular complexity index is 552. The molecule has 0 atom stereocenters. The van der Waals surface area contributed by atoms with Gasteiger partial charge < -0.3 is 10.5 Å². The highest BCUT2D eigenvalue weighted by Gasteiger charge is 2.07. The van der Waals surface area contributed by atoms with Crippen LogP contribution in [0.5, 0.6) is 5.75 Å². The molecule has 4 nitrogen and oxygen atoms in total. The number of benzene rings is 1. The molecule has 0 aliphatic carbocycles. The van der Waals surface area contributed by atoms with Crippen molar-refractivity contribution in [2.24, 2.45) is 5.73 Å². The van der Waals surface area contributed by atoms with E-state index in [4.69, 9.17) is 10.5 Å². The number of ether oxygens (including phenoxy) is 1. The van der Waals surface area contributed by atoms with Gasteiger partial charge in [0.1, 0.15) is 5.75 Å². The predicted molar refractivity (Wildman–Crippen MR) is 65.8 cm³/mol. The van der Waals surface area contributed by atoms with Gasteiger partial charge in [-0.2, -0.15) is 0 Å². The molecule has 2 N–H and O–H groups in total. The van der Waals surface area contributed by atoms with Crippen LogP contribution in [0.2, 0.25) is 0 Å². The number of aryl methyl sites for hydroxylation is 1. The van der Waals surface area contributed by atoms with E-state index in [2.05, 4.69) is 4.98 Å². The summed E-state index contributed by atoms with van der Waals surface area (Å²) in [6.45, 7) is 0. The maximum atomic E-state index is 10.8. The average Bonchev–Trinajstić information content (AvgIpc) is 2.35. The third-order valence-electron chi connectivity index (χ3n) is 2.73. The Morgan fingerprint density at radius 1 is 1.35 bits per heavy atom. The van der Waals surface area contributed by atoms with Crippen LogP contribution in [0.15, 0.2) is 30.6 Å². The van der Waals surface area contributed by atoms with Gasteiger partial charge in [0.2, 0.25) is 5.91 Å². The van der Waals surface area contributed by atoms with E-state index in [0.717, 1.165) is 22.1 Å². The minimum absolute atomic E-state index is 0.294. The molecule has 17 heavy (non-hydrogen) atoms. The van der Waals surface area contributed by atoms with Crippen molar-refractivity contribution in [1.29, 1.82) is 0 Å². The van der Waals surface area contributed by atoms with E-state index in [1.807, 2.05) is 18.2 Å². The number of fused-ring (bicyclic) bond motifs is 1. The van der Waals surface area contributed by atoms with Crippen molar-refractivity contribution in [3.8, 4) is 5.75 Å². The summed E-state index contributed by atoms with van der Waals surface area (Å²) >= 11 is 0. The van der Waals surface area contributed by atoms with Gasteiger partial charge >= 0.3 is 0 Å². The Hall–Kier alpha value is -2.10. The lowest BCUT2D eigenvalue weighted by molar-refractivity contribution is -0.117. The second kappa shape index (κ2) is 4.82. The standard InChI is InChI=1S/C13H14N2O2/c1-17-12-4-2-9(3-5-13(14)16)11-8-15-7-6-10(11)12/h2,4,6-8H,3,5H2,1H3,(H2,14,16). The van der Waals surface area contributed by atoms with E-state index < -0.39 is 0 Å². The first-order chi connectivity index (χ1) is 8.22. The highest BCUT2D eigenvalue weighted by molar-refractivity contribution is 5.90. The monoisotopic (exact) mass is 230 g/mol. The number of hydrogen-bond donors (Lipinski definition) is 1. The van der Waals surface area contributed by atoms with Gasteiger partial charge in [0, 0.05) is 29.6 Å². The summed E-state index contributed by atoms with van der Waals surface area (Å²) in [6, 6.07) is 5.76. The molecule has 4 heteroatoms. The Morgan fingerprint density at radius 3 is 2.88 bits per heavy atom. The second-order valence-corrected chi connectivity index (χ2v) is 3.81. The highest BCUT2D eigenvalue weighted by Crippen LogP contribution is 2.28. The van der Waals surface area contributed by atoms with Gasteiger partial charge in [0.25, 0.3) is 0 Å². The number of amides is 1. The van der Waals surface area contributed by atoms with E-state index >= 15 is 0 Å². The van der Waals surface area contributed by atoms with Crippen LogP contribution in [0.3, 0.4) is 0 Å². The lowest BCUT2D eigenvalue weighted by Gasteiger charge is -2.09. The average molecular weight is 230 g/mol. The summed E-state index contributed by atoms with van der Waals surface area (Å²) in [6.07, 6.45) is 4.48. The lowest BCUT2D eigenvalue weighted by atomic mass is 10.0. The van der Waals surface area contributed by atoms with Gasteiger partial charge in [-0.05, 0) is 24.1 Å². The molecular formula is C13H14N2O2. The molecule has 1 amide bonds. The van der Waals surface area contributed by atoms with Crippen LogP contribution in [-0.2, 0) is 11.2 Å². The van der Waals surface area contributed by atoms with Crippen molar-refractivity contribution in [2.75, 3.05) is 7.11 Å². The predicted octanol–water partition coefficient (Wildman–Crippen LogP) is 1.66. The number of pyridine rings is 1. The second-order valence-electron chi connectivity index (χ2n) is 3.81. The molecule has 0 radical (unpaired) electrons. The number of primary amides is 1. The van der Waals surface area contributed by atoms with Crippen LogP contribution in [0.4, 0.5) is 0 Å². The fourth-order valence-electron chi connectivity index (χ4n) is 1.87.